The van der Waals surface area contributed by atoms with Gasteiger partial charge in [0, 0.05) is 54.4 Å². The predicted octanol–water partition coefficient (Wildman–Crippen LogP) is 5.45. The van der Waals surface area contributed by atoms with E-state index in [0.717, 1.165) is 73.1 Å². The summed E-state index contributed by atoms with van der Waals surface area (Å²) in [5.41, 5.74) is 3.81. The number of para-hydroxylation sites is 1. The van der Waals surface area contributed by atoms with Crippen LogP contribution in [0, 0.1) is 17.8 Å². The van der Waals surface area contributed by atoms with Crippen molar-refractivity contribution in [1.82, 2.24) is 19.9 Å². The smallest absolute Gasteiger partial charge is 0.217 e. The first-order valence-electron chi connectivity index (χ1n) is 15.4. The molecule has 1 aliphatic heterocycles. The van der Waals surface area contributed by atoms with E-state index in [0.29, 0.717) is 24.3 Å². The van der Waals surface area contributed by atoms with Gasteiger partial charge in [0.15, 0.2) is 17.3 Å². The molecule has 1 amide bonds. The summed E-state index contributed by atoms with van der Waals surface area (Å²) in [6, 6.07) is 8.19. The largest absolute Gasteiger partial charge is 0.494 e. The van der Waals surface area contributed by atoms with Crippen LogP contribution in [0.1, 0.15) is 93.4 Å². The van der Waals surface area contributed by atoms with Crippen LogP contribution < -0.4 is 5.32 Å². The highest BCUT2D eigenvalue weighted by Crippen LogP contribution is 2.62. The molecule has 4 unspecified atom stereocenters. The Bertz CT molecular complexity index is 1400. The fraction of sp³-hybridized carbons (Fsp3) is 0.625. The summed E-state index contributed by atoms with van der Waals surface area (Å²) in [4.78, 5) is 14.5. The van der Waals surface area contributed by atoms with Crippen molar-refractivity contribution in [2.45, 2.75) is 89.1 Å². The number of hydrogen-bond donors (Lipinski definition) is 3. The molecule has 214 valence electrons. The Labute approximate surface area is 235 Å². The number of aromatic hydroxyl groups is 2. The molecule has 4 aliphatic rings. The minimum absolute atomic E-state index is 0.0248. The van der Waals surface area contributed by atoms with Crippen LogP contribution in [0.3, 0.4) is 0 Å². The number of rotatable bonds is 6. The molecule has 3 N–H and O–H groups in total. The number of carbonyl (C=O) groups is 1. The SMILES string of the molecule is CC(=O)NC1C2CC(c3c2c(O)n(C[C@H]2CCCC[C@@H]2CN2CCC(c4noc5ccccc45)CC2)c3O)C1C. The van der Waals surface area contributed by atoms with Crippen molar-refractivity contribution in [3.8, 4) is 11.8 Å². The van der Waals surface area contributed by atoms with Gasteiger partial charge in [-0.25, -0.2) is 0 Å². The summed E-state index contributed by atoms with van der Waals surface area (Å²) in [5.74, 6) is 2.41. The highest BCUT2D eigenvalue weighted by molar-refractivity contribution is 5.79. The summed E-state index contributed by atoms with van der Waals surface area (Å²) in [5, 5.41) is 31.5. The maximum atomic E-state index is 11.8. The Morgan fingerprint density at radius 2 is 1.68 bits per heavy atom. The summed E-state index contributed by atoms with van der Waals surface area (Å²) in [7, 11) is 0. The van der Waals surface area contributed by atoms with Crippen LogP contribution in [0.2, 0.25) is 0 Å². The van der Waals surface area contributed by atoms with Crippen LogP contribution in [0.4, 0.5) is 0 Å². The van der Waals surface area contributed by atoms with Crippen molar-refractivity contribution in [2.24, 2.45) is 17.8 Å². The molecular formula is C32H42N4O4. The number of aromatic nitrogens is 2. The van der Waals surface area contributed by atoms with E-state index in [1.54, 1.807) is 11.5 Å². The second-order valence-corrected chi connectivity index (χ2v) is 13.1. The summed E-state index contributed by atoms with van der Waals surface area (Å²) >= 11 is 0. The standard InChI is InChI=1S/C32H42N4O4/c1-18-24-15-25(29(18)33-19(2)37)28-27(24)31(38)36(32(28)39)17-22-8-4-3-7-21(22)16-35-13-11-20(12-14-35)30-23-9-5-6-10-26(23)40-34-30/h5-6,9-10,18,20-22,24-25,29,38-39H,3-4,7-8,11-17H2,1-2H3,(H,33,37)/t18?,21-,22-,24?,25?,29?/m1/s1. The zero-order valence-electron chi connectivity index (χ0n) is 23.7. The lowest BCUT2D eigenvalue weighted by Gasteiger charge is -2.38. The molecule has 8 heteroatoms. The van der Waals surface area contributed by atoms with Gasteiger partial charge in [-0.15, -0.1) is 0 Å². The van der Waals surface area contributed by atoms with Crippen LogP contribution >= 0.6 is 0 Å². The zero-order valence-corrected chi connectivity index (χ0v) is 23.7. The van der Waals surface area contributed by atoms with Gasteiger partial charge in [0.2, 0.25) is 5.91 Å². The normalized spacial score (nSPS) is 30.6. The summed E-state index contributed by atoms with van der Waals surface area (Å²) in [6.07, 6.45) is 7.87. The van der Waals surface area contributed by atoms with E-state index in [2.05, 4.69) is 34.4 Å². The number of amides is 1. The van der Waals surface area contributed by atoms with E-state index in [-0.39, 0.29) is 41.5 Å². The first-order valence-corrected chi connectivity index (χ1v) is 15.4. The van der Waals surface area contributed by atoms with E-state index in [4.69, 9.17) is 4.52 Å². The van der Waals surface area contributed by atoms with E-state index < -0.39 is 0 Å². The van der Waals surface area contributed by atoms with Crippen molar-refractivity contribution >= 4 is 16.9 Å². The van der Waals surface area contributed by atoms with Crippen LogP contribution in [-0.4, -0.2) is 56.4 Å². The molecule has 0 radical (unpaired) electrons. The van der Waals surface area contributed by atoms with E-state index >= 15 is 0 Å². The molecule has 1 aromatic carbocycles. The minimum atomic E-state index is -0.0300. The van der Waals surface area contributed by atoms with Gasteiger partial charge >= 0.3 is 0 Å². The summed E-state index contributed by atoms with van der Waals surface area (Å²) in [6.45, 7) is 7.59. The van der Waals surface area contributed by atoms with Gasteiger partial charge in [0.25, 0.3) is 0 Å². The Balaban J connectivity index is 1.03. The fourth-order valence-electron chi connectivity index (χ4n) is 8.85. The molecule has 3 fully saturated rings. The first kappa shape index (κ1) is 25.9. The highest BCUT2D eigenvalue weighted by Gasteiger charge is 2.54. The van der Waals surface area contributed by atoms with Crippen molar-refractivity contribution in [2.75, 3.05) is 19.6 Å². The molecule has 3 aliphatic carbocycles. The van der Waals surface area contributed by atoms with Gasteiger partial charge < -0.3 is 25.0 Å². The van der Waals surface area contributed by atoms with Gasteiger partial charge in [0.05, 0.1) is 5.69 Å². The van der Waals surface area contributed by atoms with Gasteiger partial charge in [-0.2, -0.15) is 0 Å². The number of nitrogens with one attached hydrogen (secondary N) is 1. The molecule has 6 atom stereocenters. The third-order valence-corrected chi connectivity index (χ3v) is 10.9. The molecule has 2 bridgehead atoms. The third kappa shape index (κ3) is 4.21. The highest BCUT2D eigenvalue weighted by atomic mass is 16.5. The number of piperidine rings is 1. The molecule has 2 aromatic heterocycles. The predicted molar refractivity (Wildman–Crippen MR) is 153 cm³/mol. The molecule has 2 saturated carbocycles. The van der Waals surface area contributed by atoms with Crippen molar-refractivity contribution in [3.63, 3.8) is 0 Å². The molecule has 3 aromatic rings. The van der Waals surface area contributed by atoms with Crippen molar-refractivity contribution in [3.05, 3.63) is 41.1 Å². The van der Waals surface area contributed by atoms with Gasteiger partial charge in [-0.1, -0.05) is 37.1 Å². The van der Waals surface area contributed by atoms with E-state index in [9.17, 15) is 15.0 Å². The Morgan fingerprint density at radius 3 is 2.40 bits per heavy atom. The molecule has 40 heavy (non-hydrogen) atoms. The van der Waals surface area contributed by atoms with Crippen LogP contribution in [-0.2, 0) is 11.3 Å². The third-order valence-electron chi connectivity index (χ3n) is 10.9. The maximum absolute atomic E-state index is 11.8. The quantitative estimate of drug-likeness (QED) is 0.380. The zero-order chi connectivity index (χ0) is 27.5. The number of benzene rings is 1. The molecule has 3 heterocycles. The van der Waals surface area contributed by atoms with E-state index in [1.807, 2.05) is 12.1 Å². The van der Waals surface area contributed by atoms with Gasteiger partial charge in [-0.3, -0.25) is 9.36 Å². The molecule has 8 nitrogen and oxygen atoms in total. The molecular weight excluding hydrogens is 504 g/mol. The van der Waals surface area contributed by atoms with Gasteiger partial charge in [-0.05, 0) is 81.0 Å². The van der Waals surface area contributed by atoms with Crippen LogP contribution in [0.25, 0.3) is 11.0 Å². The monoisotopic (exact) mass is 546 g/mol. The minimum Gasteiger partial charge on any atom is -0.494 e. The topological polar surface area (TPSA) is 104 Å². The lowest BCUT2D eigenvalue weighted by molar-refractivity contribution is -0.120. The molecule has 0 spiro atoms. The second-order valence-electron chi connectivity index (χ2n) is 13.1. The number of carbonyl (C=O) groups excluding carboxylic acids is 1. The van der Waals surface area contributed by atoms with Gasteiger partial charge in [0.1, 0.15) is 0 Å². The number of likely N-dealkylation sites (tertiary alicyclic amines) is 1. The lowest BCUT2D eigenvalue weighted by atomic mass is 9.78. The number of fused-ring (bicyclic) bond motifs is 6. The number of hydrogen-bond acceptors (Lipinski definition) is 6. The molecule has 1 saturated heterocycles. The number of nitrogens with zero attached hydrogens (tertiary/aromatic N) is 3. The van der Waals surface area contributed by atoms with Crippen LogP contribution in [0.15, 0.2) is 28.8 Å². The Kier molecular flexibility index (Phi) is 6.56. The average Bonchev–Trinajstić information content (AvgIpc) is 3.69. The maximum Gasteiger partial charge on any atom is 0.217 e. The lowest BCUT2D eigenvalue weighted by Crippen LogP contribution is -2.40. The molecule has 7 rings (SSSR count). The van der Waals surface area contributed by atoms with Crippen molar-refractivity contribution in [1.29, 1.82) is 0 Å². The Hall–Kier alpha value is -3.00. The first-order chi connectivity index (χ1) is 19.4. The average molecular weight is 547 g/mol. The van der Waals surface area contributed by atoms with Crippen molar-refractivity contribution < 1.29 is 19.5 Å². The Morgan fingerprint density at radius 1 is 1.00 bits per heavy atom. The van der Waals surface area contributed by atoms with E-state index in [1.165, 1.54) is 19.3 Å². The fourth-order valence-corrected chi connectivity index (χ4v) is 8.85. The second kappa shape index (κ2) is 10.1. The van der Waals surface area contributed by atoms with Crippen LogP contribution in [0.5, 0.6) is 11.8 Å². The summed E-state index contributed by atoms with van der Waals surface area (Å²) < 4.78 is 7.39.